The number of fused-ring (bicyclic) bond motifs is 2. The first-order chi connectivity index (χ1) is 34.2. The summed E-state index contributed by atoms with van der Waals surface area (Å²) in [4.78, 5) is 16.4. The van der Waals surface area contributed by atoms with Gasteiger partial charge in [0.05, 0.1) is 51.0 Å². The van der Waals surface area contributed by atoms with Crippen LogP contribution in [0.3, 0.4) is 0 Å². The topological polar surface area (TPSA) is 284 Å². The molecular formula is C50H38CaCl2N6O12S2. The normalized spacial score (nSPS) is 11.9. The number of para-hydroxylation sites is 4. The van der Waals surface area contributed by atoms with Gasteiger partial charge in [0.2, 0.25) is 0 Å². The fourth-order valence-electron chi connectivity index (χ4n) is 7.15. The van der Waals surface area contributed by atoms with Gasteiger partial charge in [0, 0.05) is 10.8 Å². The third-order valence-corrected chi connectivity index (χ3v) is 12.9. The standard InChI is InChI=1S/2C25H20ClN3O6S.Ca/c2*1-14-11-16(36(32,33)34)13-19(26)22(14)28-29-23-17-8-4-3-7-15(17)12-18(24(23)30)25(31)27-20-9-5-6-10-21(20)35-2;/h2*3-13,30H,1-2H3,(H,27,31)(H,32,33,34);/q;;+2/p-2. The van der Waals surface area contributed by atoms with E-state index in [-0.39, 0.29) is 92.2 Å². The van der Waals surface area contributed by atoms with E-state index in [9.17, 15) is 46.1 Å². The first-order valence-corrected chi connectivity index (χ1v) is 24.5. The van der Waals surface area contributed by atoms with E-state index in [4.69, 9.17) is 32.7 Å². The maximum Gasteiger partial charge on any atom is 2.00 e. The summed E-state index contributed by atoms with van der Waals surface area (Å²) in [5, 5.41) is 58.6. The van der Waals surface area contributed by atoms with Crippen LogP contribution in [0.5, 0.6) is 23.0 Å². The molecule has 0 aliphatic carbocycles. The second-order valence-electron chi connectivity index (χ2n) is 15.4. The molecule has 0 radical (unpaired) electrons. The number of aryl methyl sites for hydroxylation is 2. The second kappa shape index (κ2) is 23.4. The van der Waals surface area contributed by atoms with Crippen LogP contribution in [-0.4, -0.2) is 94.8 Å². The molecule has 0 fully saturated rings. The number of carbonyl (C=O) groups excluding carboxylic acids is 1. The number of methoxy groups -OCH3 is 2. The Kier molecular flexibility index (Phi) is 17.8. The minimum absolute atomic E-state index is 0. The summed E-state index contributed by atoms with van der Waals surface area (Å²) in [6.45, 7) is 3.07. The first-order valence-electron chi connectivity index (χ1n) is 20.9. The van der Waals surface area contributed by atoms with Crippen LogP contribution < -0.4 is 25.0 Å². The number of anilines is 1. The average molecular weight is 1090 g/mol. The molecule has 4 N–H and O–H groups in total. The molecule has 18 nitrogen and oxygen atoms in total. The Morgan fingerprint density at radius 3 is 1.56 bits per heavy atom. The minimum Gasteiger partial charge on any atom is -0.871 e. The van der Waals surface area contributed by atoms with Crippen LogP contribution in [0.25, 0.3) is 21.5 Å². The van der Waals surface area contributed by atoms with Gasteiger partial charge in [-0.25, -0.2) is 0 Å². The number of aliphatic imine (C=N–C) groups is 1. The van der Waals surface area contributed by atoms with E-state index in [0.717, 1.165) is 12.1 Å². The van der Waals surface area contributed by atoms with Crippen LogP contribution in [0.1, 0.15) is 27.0 Å². The molecule has 23 heteroatoms. The van der Waals surface area contributed by atoms with E-state index >= 15 is 0 Å². The molecule has 0 heterocycles. The first kappa shape index (κ1) is 55.6. The van der Waals surface area contributed by atoms with E-state index in [1.54, 1.807) is 104 Å². The summed E-state index contributed by atoms with van der Waals surface area (Å²) >= 11 is 12.4. The molecule has 0 aromatic heterocycles. The van der Waals surface area contributed by atoms with Crippen LogP contribution in [0.15, 0.2) is 169 Å². The van der Waals surface area contributed by atoms with Crippen molar-refractivity contribution < 1.29 is 55.5 Å². The van der Waals surface area contributed by atoms with Gasteiger partial charge in [0.25, 0.3) is 26.1 Å². The Morgan fingerprint density at radius 2 is 1.04 bits per heavy atom. The number of phenols is 1. The van der Waals surface area contributed by atoms with E-state index in [1.165, 1.54) is 45.4 Å². The SMILES string of the molecule is COc1ccccc1N=C([O-])c1cc2ccccc2c(N=Nc2c(C)cc(S(=O)(=O)O)cc2Cl)c1[O-].COc1ccccc1NC(=O)c1cc2ccccc2c(N=Nc2c(C)cc(S(=O)(=O)O)cc2Cl)c1O.[Ca+2]. The summed E-state index contributed by atoms with van der Waals surface area (Å²) in [6.07, 6.45) is 0. The van der Waals surface area contributed by atoms with Gasteiger partial charge >= 0.3 is 37.7 Å². The van der Waals surface area contributed by atoms with E-state index in [2.05, 4.69) is 30.8 Å². The summed E-state index contributed by atoms with van der Waals surface area (Å²) < 4.78 is 74.9. The molecule has 8 aromatic rings. The van der Waals surface area contributed by atoms with Crippen LogP contribution in [0.4, 0.5) is 34.1 Å². The number of azo groups is 2. The predicted molar refractivity (Wildman–Crippen MR) is 275 cm³/mol. The summed E-state index contributed by atoms with van der Waals surface area (Å²) in [5.74, 6) is -1.65. The van der Waals surface area contributed by atoms with Crippen molar-refractivity contribution in [2.45, 2.75) is 23.6 Å². The van der Waals surface area contributed by atoms with Crippen molar-refractivity contribution in [1.29, 1.82) is 0 Å². The predicted octanol–water partition coefficient (Wildman–Crippen LogP) is 11.0. The Bertz CT molecular complexity index is 3740. The molecule has 0 saturated carbocycles. The molecule has 0 bridgehead atoms. The monoisotopic (exact) mass is 1090 g/mol. The number of hydrogen-bond acceptors (Lipinski definition) is 15. The Hall–Kier alpha value is -6.72. The smallest absolute Gasteiger partial charge is 0.871 e. The van der Waals surface area contributed by atoms with Crippen molar-refractivity contribution in [1.82, 2.24) is 0 Å². The molecule has 0 saturated heterocycles. The van der Waals surface area contributed by atoms with Crippen molar-refractivity contribution >= 4 is 149 Å². The number of halogens is 2. The average Bonchev–Trinajstić information content (AvgIpc) is 3.34. The van der Waals surface area contributed by atoms with Gasteiger partial charge in [0.15, 0.2) is 5.75 Å². The van der Waals surface area contributed by atoms with Gasteiger partial charge in [0.1, 0.15) is 34.2 Å². The third-order valence-electron chi connectivity index (χ3n) is 10.7. The number of nitrogens with zero attached hydrogens (tertiary/aromatic N) is 5. The maximum atomic E-state index is 13.3. The second-order valence-corrected chi connectivity index (χ2v) is 19.1. The van der Waals surface area contributed by atoms with Gasteiger partial charge in [-0.15, -0.1) is 15.3 Å². The van der Waals surface area contributed by atoms with Crippen molar-refractivity contribution in [2.75, 3.05) is 19.5 Å². The van der Waals surface area contributed by atoms with E-state index in [0.29, 0.717) is 49.9 Å². The molecule has 0 aliphatic rings. The van der Waals surface area contributed by atoms with Crippen LogP contribution in [0, 0.1) is 13.8 Å². The number of carbonyl (C=O) groups is 1. The van der Waals surface area contributed by atoms with Crippen molar-refractivity contribution in [3.05, 3.63) is 166 Å². The number of phenolic OH excluding ortho intramolecular Hbond substituents is 1. The largest absolute Gasteiger partial charge is 2.00 e. The fraction of sp³-hybridized carbons (Fsp3) is 0.0800. The molecule has 8 aromatic carbocycles. The number of aromatic hydroxyl groups is 1. The van der Waals surface area contributed by atoms with Crippen molar-refractivity contribution in [2.24, 2.45) is 25.4 Å². The third kappa shape index (κ3) is 12.7. The fourth-order valence-corrected chi connectivity index (χ4v) is 9.07. The Morgan fingerprint density at radius 1 is 0.603 bits per heavy atom. The maximum absolute atomic E-state index is 13.3. The Balaban J connectivity index is 0.000000235. The minimum atomic E-state index is -4.48. The number of benzene rings is 8. The van der Waals surface area contributed by atoms with Gasteiger partial charge in [-0.3, -0.25) is 18.9 Å². The number of rotatable bonds is 12. The molecular weight excluding hydrogens is 1050 g/mol. The molecule has 0 spiro atoms. The van der Waals surface area contributed by atoms with E-state index < -0.39 is 48.4 Å². The molecule has 0 atom stereocenters. The van der Waals surface area contributed by atoms with Crippen molar-refractivity contribution in [3.8, 4) is 23.0 Å². The summed E-state index contributed by atoms with van der Waals surface area (Å²) in [6, 6.07) is 34.7. The zero-order valence-corrected chi connectivity index (χ0v) is 44.1. The summed E-state index contributed by atoms with van der Waals surface area (Å²) in [5.41, 5.74) is 1.20. The molecule has 0 aliphatic heterocycles. The number of amides is 1. The number of hydrogen-bond donors (Lipinski definition) is 4. The van der Waals surface area contributed by atoms with Crippen molar-refractivity contribution in [3.63, 3.8) is 0 Å². The number of nitrogens with one attached hydrogen (secondary N) is 1. The number of ether oxygens (including phenoxy) is 2. The van der Waals surface area contributed by atoms with Gasteiger partial charge in [-0.05, 0) is 108 Å². The van der Waals surface area contributed by atoms with Gasteiger partial charge in [-0.2, -0.15) is 21.9 Å². The molecule has 73 heavy (non-hydrogen) atoms. The quantitative estimate of drug-likeness (QED) is 0.0292. The zero-order chi connectivity index (χ0) is 52.1. The molecule has 0 unspecified atom stereocenters. The van der Waals surface area contributed by atoms with Crippen LogP contribution >= 0.6 is 23.2 Å². The van der Waals surface area contributed by atoms with Gasteiger partial charge < -0.3 is 30.1 Å². The van der Waals surface area contributed by atoms with Crippen LogP contribution in [0.2, 0.25) is 10.0 Å². The molecule has 368 valence electrons. The Labute approximate surface area is 457 Å². The van der Waals surface area contributed by atoms with E-state index in [1.807, 2.05) is 0 Å². The molecule has 1 amide bonds. The summed E-state index contributed by atoms with van der Waals surface area (Å²) in [7, 11) is -6.02. The van der Waals surface area contributed by atoms with Gasteiger partial charge in [-0.1, -0.05) is 102 Å². The van der Waals surface area contributed by atoms with Crippen LogP contribution in [-0.2, 0) is 20.2 Å². The molecule has 8 rings (SSSR count). The zero-order valence-electron chi connectivity index (χ0n) is 38.7.